The van der Waals surface area contributed by atoms with E-state index in [1.54, 1.807) is 17.8 Å². The summed E-state index contributed by atoms with van der Waals surface area (Å²) in [5.41, 5.74) is 1.69. The number of sulfone groups is 1. The van der Waals surface area contributed by atoms with Crippen molar-refractivity contribution in [3.8, 4) is 6.07 Å². The second-order valence-corrected chi connectivity index (χ2v) is 6.86. The fraction of sp³-hybridized carbons (Fsp3) is 0.364. The fourth-order valence-electron chi connectivity index (χ4n) is 1.13. The Morgan fingerprint density at radius 2 is 2.19 bits per heavy atom. The van der Waals surface area contributed by atoms with Crippen LogP contribution in [-0.4, -0.2) is 26.2 Å². The van der Waals surface area contributed by atoms with Crippen LogP contribution in [0.1, 0.15) is 11.1 Å². The zero-order chi connectivity index (χ0) is 12.0. The molecule has 0 aliphatic carbocycles. The van der Waals surface area contributed by atoms with Crippen molar-refractivity contribution in [3.05, 3.63) is 35.4 Å². The molecular formula is C11H13NO2S2. The van der Waals surface area contributed by atoms with Crippen LogP contribution in [0, 0.1) is 11.3 Å². The summed E-state index contributed by atoms with van der Waals surface area (Å²) in [7, 11) is -2.86. The van der Waals surface area contributed by atoms with E-state index in [4.69, 9.17) is 5.26 Å². The molecule has 86 valence electrons. The van der Waals surface area contributed by atoms with Gasteiger partial charge in [-0.25, -0.2) is 8.42 Å². The van der Waals surface area contributed by atoms with Gasteiger partial charge in [0.2, 0.25) is 0 Å². The standard InChI is InChI=1S/C11H13NO2S2/c1-16(13,14)6-5-15-9-11-4-2-3-10(7-11)8-12/h2-4,7H,5-6,9H2,1H3. The maximum atomic E-state index is 10.9. The molecule has 1 rings (SSSR count). The summed E-state index contributed by atoms with van der Waals surface area (Å²) in [6, 6.07) is 9.44. The molecule has 0 atom stereocenters. The Labute approximate surface area is 100 Å². The van der Waals surface area contributed by atoms with Crippen molar-refractivity contribution < 1.29 is 8.42 Å². The van der Waals surface area contributed by atoms with Gasteiger partial charge in [-0.1, -0.05) is 12.1 Å². The highest BCUT2D eigenvalue weighted by molar-refractivity contribution is 7.99. The molecule has 0 saturated heterocycles. The minimum atomic E-state index is -2.86. The third-order valence-corrected chi connectivity index (χ3v) is 4.16. The first kappa shape index (κ1) is 13.1. The van der Waals surface area contributed by atoms with E-state index in [-0.39, 0.29) is 5.75 Å². The molecule has 0 bridgehead atoms. The molecule has 0 aromatic heterocycles. The molecule has 0 unspecified atom stereocenters. The number of hydrogen-bond acceptors (Lipinski definition) is 4. The Hall–Kier alpha value is -0.990. The lowest BCUT2D eigenvalue weighted by Crippen LogP contribution is -2.05. The fourth-order valence-corrected chi connectivity index (χ4v) is 3.37. The SMILES string of the molecule is CS(=O)(=O)CCSCc1cccc(C#N)c1. The topological polar surface area (TPSA) is 57.9 Å². The Morgan fingerprint density at radius 3 is 2.81 bits per heavy atom. The molecule has 0 aliphatic rings. The molecule has 0 amide bonds. The molecule has 0 fully saturated rings. The molecule has 16 heavy (non-hydrogen) atoms. The number of benzene rings is 1. The van der Waals surface area contributed by atoms with Gasteiger partial charge in [-0.3, -0.25) is 0 Å². The summed E-state index contributed by atoms with van der Waals surface area (Å²) in [6.07, 6.45) is 1.24. The number of nitrogens with zero attached hydrogens (tertiary/aromatic N) is 1. The Kier molecular flexibility index (Phi) is 4.84. The highest BCUT2D eigenvalue weighted by atomic mass is 32.2. The van der Waals surface area contributed by atoms with Gasteiger partial charge in [-0.05, 0) is 17.7 Å². The van der Waals surface area contributed by atoms with E-state index in [9.17, 15) is 8.42 Å². The molecule has 0 saturated carbocycles. The minimum absolute atomic E-state index is 0.204. The van der Waals surface area contributed by atoms with E-state index in [0.717, 1.165) is 11.3 Å². The highest BCUT2D eigenvalue weighted by Crippen LogP contribution is 2.13. The molecule has 1 aromatic carbocycles. The van der Waals surface area contributed by atoms with Gasteiger partial charge >= 0.3 is 0 Å². The lowest BCUT2D eigenvalue weighted by atomic mass is 10.2. The number of nitriles is 1. The summed E-state index contributed by atoms with van der Waals surface area (Å²) in [5.74, 6) is 1.54. The molecule has 1 aromatic rings. The normalized spacial score (nSPS) is 11.0. The molecule has 0 radical (unpaired) electrons. The van der Waals surface area contributed by atoms with Crippen molar-refractivity contribution in [3.63, 3.8) is 0 Å². The van der Waals surface area contributed by atoms with Crippen LogP contribution in [0.25, 0.3) is 0 Å². The Morgan fingerprint density at radius 1 is 1.44 bits per heavy atom. The molecule has 0 spiro atoms. The van der Waals surface area contributed by atoms with Crippen molar-refractivity contribution in [2.24, 2.45) is 0 Å². The predicted octanol–water partition coefficient (Wildman–Crippen LogP) is 1.84. The highest BCUT2D eigenvalue weighted by Gasteiger charge is 2.02. The van der Waals surface area contributed by atoms with E-state index >= 15 is 0 Å². The van der Waals surface area contributed by atoms with Crippen molar-refractivity contribution in [1.82, 2.24) is 0 Å². The molecule has 3 nitrogen and oxygen atoms in total. The monoisotopic (exact) mass is 255 g/mol. The van der Waals surface area contributed by atoms with Crippen LogP contribution in [0.15, 0.2) is 24.3 Å². The average Bonchev–Trinajstić information content (AvgIpc) is 2.23. The quantitative estimate of drug-likeness (QED) is 0.753. The second kappa shape index (κ2) is 5.92. The third kappa shape index (κ3) is 5.19. The van der Waals surface area contributed by atoms with Crippen LogP contribution >= 0.6 is 11.8 Å². The van der Waals surface area contributed by atoms with Gasteiger partial charge in [0, 0.05) is 17.8 Å². The van der Waals surface area contributed by atoms with Crippen LogP contribution in [0.4, 0.5) is 0 Å². The third-order valence-electron chi connectivity index (χ3n) is 1.92. The van der Waals surface area contributed by atoms with E-state index in [2.05, 4.69) is 6.07 Å². The molecular weight excluding hydrogens is 242 g/mol. The largest absolute Gasteiger partial charge is 0.229 e. The lowest BCUT2D eigenvalue weighted by Gasteiger charge is -2.01. The average molecular weight is 255 g/mol. The zero-order valence-corrected chi connectivity index (χ0v) is 10.6. The van der Waals surface area contributed by atoms with E-state index in [1.807, 2.05) is 18.2 Å². The van der Waals surface area contributed by atoms with Crippen LogP contribution in [-0.2, 0) is 15.6 Å². The van der Waals surface area contributed by atoms with Crippen LogP contribution in [0.2, 0.25) is 0 Å². The maximum absolute atomic E-state index is 10.9. The first-order valence-electron chi connectivity index (χ1n) is 4.76. The van der Waals surface area contributed by atoms with Crippen molar-refractivity contribution in [1.29, 1.82) is 5.26 Å². The molecule has 5 heteroatoms. The van der Waals surface area contributed by atoms with Gasteiger partial charge in [-0.15, -0.1) is 0 Å². The molecule has 0 aliphatic heterocycles. The van der Waals surface area contributed by atoms with Gasteiger partial charge in [0.05, 0.1) is 17.4 Å². The van der Waals surface area contributed by atoms with Gasteiger partial charge in [-0.2, -0.15) is 17.0 Å². The number of thioether (sulfide) groups is 1. The summed E-state index contributed by atoms with van der Waals surface area (Å²) >= 11 is 1.56. The second-order valence-electron chi connectivity index (χ2n) is 3.49. The van der Waals surface area contributed by atoms with E-state index in [0.29, 0.717) is 11.3 Å². The first-order chi connectivity index (χ1) is 7.51. The summed E-state index contributed by atoms with van der Waals surface area (Å²) in [4.78, 5) is 0. The number of rotatable bonds is 5. The lowest BCUT2D eigenvalue weighted by molar-refractivity contribution is 0.603. The van der Waals surface area contributed by atoms with Crippen molar-refractivity contribution >= 4 is 21.6 Å². The van der Waals surface area contributed by atoms with E-state index in [1.165, 1.54) is 6.26 Å². The van der Waals surface area contributed by atoms with Crippen LogP contribution in [0.3, 0.4) is 0 Å². The van der Waals surface area contributed by atoms with Gasteiger partial charge in [0.15, 0.2) is 0 Å². The van der Waals surface area contributed by atoms with E-state index < -0.39 is 9.84 Å². The van der Waals surface area contributed by atoms with Crippen molar-refractivity contribution in [2.45, 2.75) is 5.75 Å². The van der Waals surface area contributed by atoms with Gasteiger partial charge in [0.1, 0.15) is 9.84 Å². The summed E-state index contributed by atoms with van der Waals surface area (Å²) in [5, 5.41) is 8.70. The Balaban J connectivity index is 2.41. The van der Waals surface area contributed by atoms with Crippen LogP contribution in [0.5, 0.6) is 0 Å². The van der Waals surface area contributed by atoms with Crippen molar-refractivity contribution in [2.75, 3.05) is 17.8 Å². The molecule has 0 N–H and O–H groups in total. The van der Waals surface area contributed by atoms with Crippen LogP contribution < -0.4 is 0 Å². The molecule has 0 heterocycles. The summed E-state index contributed by atoms with van der Waals surface area (Å²) in [6.45, 7) is 0. The minimum Gasteiger partial charge on any atom is -0.229 e. The Bertz CT molecular complexity index is 489. The predicted molar refractivity (Wildman–Crippen MR) is 67.0 cm³/mol. The number of hydrogen-bond donors (Lipinski definition) is 0. The zero-order valence-electron chi connectivity index (χ0n) is 9.01. The maximum Gasteiger partial charge on any atom is 0.148 e. The van der Waals surface area contributed by atoms with Gasteiger partial charge in [0.25, 0.3) is 0 Å². The first-order valence-corrected chi connectivity index (χ1v) is 7.97. The summed E-state index contributed by atoms with van der Waals surface area (Å²) < 4.78 is 21.8. The van der Waals surface area contributed by atoms with Gasteiger partial charge < -0.3 is 0 Å². The smallest absolute Gasteiger partial charge is 0.148 e.